The molecular weight excluding hydrogens is 190 g/mol. The molecule has 0 saturated carbocycles. The van der Waals surface area contributed by atoms with Gasteiger partial charge >= 0.3 is 0 Å². The first-order valence-corrected chi connectivity index (χ1v) is 5.23. The Morgan fingerprint density at radius 3 is 3.07 bits per heavy atom. The lowest BCUT2D eigenvalue weighted by Gasteiger charge is -1.97. The van der Waals surface area contributed by atoms with E-state index in [-0.39, 0.29) is 0 Å². The lowest BCUT2D eigenvalue weighted by Crippen LogP contribution is -1.90. The van der Waals surface area contributed by atoms with Gasteiger partial charge in [-0.2, -0.15) is 5.10 Å². The molecule has 4 heteroatoms. The van der Waals surface area contributed by atoms with Gasteiger partial charge < -0.3 is 4.74 Å². The Balaban J connectivity index is 2.29. The summed E-state index contributed by atoms with van der Waals surface area (Å²) in [6.07, 6.45) is 5.12. The zero-order valence-corrected chi connectivity index (χ0v) is 9.10. The van der Waals surface area contributed by atoms with Gasteiger partial charge in [0, 0.05) is 18.7 Å². The fraction of sp³-hybridized carbons (Fsp3) is 0.455. The van der Waals surface area contributed by atoms with Crippen LogP contribution in [0.25, 0.3) is 5.65 Å². The monoisotopic (exact) mass is 205 g/mol. The van der Waals surface area contributed by atoms with Crippen molar-refractivity contribution in [3.63, 3.8) is 0 Å². The lowest BCUT2D eigenvalue weighted by atomic mass is 10.2. The number of ether oxygens (including phenoxy) is 1. The second-order valence-electron chi connectivity index (χ2n) is 3.50. The Bertz CT molecular complexity index is 450. The predicted molar refractivity (Wildman–Crippen MR) is 58.2 cm³/mol. The second kappa shape index (κ2) is 4.29. The Labute approximate surface area is 88.9 Å². The molecule has 15 heavy (non-hydrogen) atoms. The van der Waals surface area contributed by atoms with Crippen molar-refractivity contribution in [2.24, 2.45) is 0 Å². The number of aryl methyl sites for hydroxylation is 1. The van der Waals surface area contributed by atoms with E-state index >= 15 is 0 Å². The Morgan fingerprint density at radius 1 is 1.47 bits per heavy atom. The zero-order chi connectivity index (χ0) is 10.7. The summed E-state index contributed by atoms with van der Waals surface area (Å²) in [5.41, 5.74) is 0.848. The fourth-order valence-electron chi connectivity index (χ4n) is 1.48. The standard InChI is InChI=1S/C11H15N3O/c1-3-4-5-10-12-11-8-9(15-2)6-7-14(11)13-10/h6-8H,3-5H2,1-2H3. The van der Waals surface area contributed by atoms with Crippen molar-refractivity contribution in [1.29, 1.82) is 0 Å². The van der Waals surface area contributed by atoms with Gasteiger partial charge in [0.15, 0.2) is 11.5 Å². The molecule has 0 unspecified atom stereocenters. The number of nitrogens with zero attached hydrogens (tertiary/aromatic N) is 3. The Morgan fingerprint density at radius 2 is 2.33 bits per heavy atom. The maximum absolute atomic E-state index is 5.13. The molecule has 0 atom stereocenters. The summed E-state index contributed by atoms with van der Waals surface area (Å²) in [7, 11) is 1.65. The molecule has 0 bridgehead atoms. The van der Waals surface area contributed by atoms with Crippen LogP contribution in [0.3, 0.4) is 0 Å². The van der Waals surface area contributed by atoms with Crippen LogP contribution in [0.4, 0.5) is 0 Å². The molecule has 0 aromatic carbocycles. The van der Waals surface area contributed by atoms with Crippen molar-refractivity contribution in [2.75, 3.05) is 7.11 Å². The lowest BCUT2D eigenvalue weighted by molar-refractivity contribution is 0.414. The number of hydrogen-bond donors (Lipinski definition) is 0. The topological polar surface area (TPSA) is 39.4 Å². The van der Waals surface area contributed by atoms with Crippen LogP contribution in [-0.4, -0.2) is 21.7 Å². The molecule has 0 amide bonds. The summed E-state index contributed by atoms with van der Waals surface area (Å²) in [6, 6.07) is 3.77. The van der Waals surface area contributed by atoms with Crippen molar-refractivity contribution < 1.29 is 4.74 Å². The minimum absolute atomic E-state index is 0.817. The van der Waals surface area contributed by atoms with E-state index in [0.717, 1.165) is 30.1 Å². The first-order chi connectivity index (χ1) is 7.33. The molecule has 0 saturated heterocycles. The SMILES string of the molecule is CCCCc1nc2cc(OC)ccn2n1. The van der Waals surface area contributed by atoms with Crippen molar-refractivity contribution in [2.45, 2.75) is 26.2 Å². The number of methoxy groups -OCH3 is 1. The molecule has 80 valence electrons. The smallest absolute Gasteiger partial charge is 0.159 e. The minimum atomic E-state index is 0.817. The minimum Gasteiger partial charge on any atom is -0.497 e. The highest BCUT2D eigenvalue weighted by atomic mass is 16.5. The summed E-state index contributed by atoms with van der Waals surface area (Å²) in [4.78, 5) is 4.43. The molecule has 0 aliphatic rings. The van der Waals surface area contributed by atoms with E-state index in [1.54, 1.807) is 11.6 Å². The molecule has 2 aromatic heterocycles. The summed E-state index contributed by atoms with van der Waals surface area (Å²) in [5.74, 6) is 1.72. The van der Waals surface area contributed by atoms with Crippen molar-refractivity contribution in [3.05, 3.63) is 24.2 Å². The van der Waals surface area contributed by atoms with Crippen LogP contribution in [0.2, 0.25) is 0 Å². The maximum Gasteiger partial charge on any atom is 0.159 e. The summed E-state index contributed by atoms with van der Waals surface area (Å²) in [6.45, 7) is 2.17. The van der Waals surface area contributed by atoms with Crippen LogP contribution in [-0.2, 0) is 6.42 Å². The molecule has 0 fully saturated rings. The van der Waals surface area contributed by atoms with Crippen LogP contribution in [0, 0.1) is 0 Å². The highest BCUT2D eigenvalue weighted by Crippen LogP contribution is 2.12. The highest BCUT2D eigenvalue weighted by Gasteiger charge is 2.03. The van der Waals surface area contributed by atoms with Gasteiger partial charge in [0.2, 0.25) is 0 Å². The molecule has 2 rings (SSSR count). The van der Waals surface area contributed by atoms with Gasteiger partial charge in [-0.3, -0.25) is 0 Å². The largest absolute Gasteiger partial charge is 0.497 e. The van der Waals surface area contributed by atoms with Gasteiger partial charge in [0.05, 0.1) is 7.11 Å². The van der Waals surface area contributed by atoms with E-state index in [2.05, 4.69) is 17.0 Å². The van der Waals surface area contributed by atoms with Gasteiger partial charge in [0.25, 0.3) is 0 Å². The van der Waals surface area contributed by atoms with Crippen LogP contribution < -0.4 is 4.74 Å². The number of fused-ring (bicyclic) bond motifs is 1. The first kappa shape index (κ1) is 9.96. The fourth-order valence-corrected chi connectivity index (χ4v) is 1.48. The Hall–Kier alpha value is -1.58. The molecule has 0 aliphatic heterocycles. The average molecular weight is 205 g/mol. The van der Waals surface area contributed by atoms with E-state index in [9.17, 15) is 0 Å². The molecular formula is C11H15N3O. The van der Waals surface area contributed by atoms with E-state index in [1.807, 2.05) is 18.3 Å². The van der Waals surface area contributed by atoms with Gasteiger partial charge in [-0.25, -0.2) is 9.50 Å². The first-order valence-electron chi connectivity index (χ1n) is 5.23. The third-order valence-corrected chi connectivity index (χ3v) is 2.34. The summed E-state index contributed by atoms with van der Waals surface area (Å²) in [5, 5.41) is 4.38. The number of unbranched alkanes of at least 4 members (excludes halogenated alkanes) is 1. The molecule has 0 aliphatic carbocycles. The van der Waals surface area contributed by atoms with E-state index in [4.69, 9.17) is 4.74 Å². The quantitative estimate of drug-likeness (QED) is 0.767. The Kier molecular flexibility index (Phi) is 2.85. The van der Waals surface area contributed by atoms with Crippen LogP contribution in [0.15, 0.2) is 18.3 Å². The molecule has 4 nitrogen and oxygen atoms in total. The van der Waals surface area contributed by atoms with Crippen LogP contribution >= 0.6 is 0 Å². The van der Waals surface area contributed by atoms with E-state index < -0.39 is 0 Å². The van der Waals surface area contributed by atoms with Crippen LogP contribution in [0.5, 0.6) is 5.75 Å². The van der Waals surface area contributed by atoms with Crippen molar-refractivity contribution in [1.82, 2.24) is 14.6 Å². The van der Waals surface area contributed by atoms with Gasteiger partial charge in [0.1, 0.15) is 5.75 Å². The molecule has 2 heterocycles. The molecule has 2 aromatic rings. The third-order valence-electron chi connectivity index (χ3n) is 2.34. The molecule has 0 radical (unpaired) electrons. The van der Waals surface area contributed by atoms with Crippen molar-refractivity contribution >= 4 is 5.65 Å². The van der Waals surface area contributed by atoms with Gasteiger partial charge in [-0.05, 0) is 12.5 Å². The number of hydrogen-bond acceptors (Lipinski definition) is 3. The van der Waals surface area contributed by atoms with Gasteiger partial charge in [-0.1, -0.05) is 13.3 Å². The summed E-state index contributed by atoms with van der Waals surface area (Å²) >= 11 is 0. The number of aromatic nitrogens is 3. The maximum atomic E-state index is 5.13. The number of pyridine rings is 1. The van der Waals surface area contributed by atoms with E-state index in [1.165, 1.54) is 6.42 Å². The average Bonchev–Trinajstić information content (AvgIpc) is 2.67. The molecule has 0 N–H and O–H groups in total. The highest BCUT2D eigenvalue weighted by molar-refractivity contribution is 5.43. The van der Waals surface area contributed by atoms with Crippen molar-refractivity contribution in [3.8, 4) is 5.75 Å². The second-order valence-corrected chi connectivity index (χ2v) is 3.50. The normalized spacial score (nSPS) is 10.8. The zero-order valence-electron chi connectivity index (χ0n) is 9.10. The third kappa shape index (κ3) is 2.09. The van der Waals surface area contributed by atoms with Gasteiger partial charge in [-0.15, -0.1) is 0 Å². The van der Waals surface area contributed by atoms with Crippen LogP contribution in [0.1, 0.15) is 25.6 Å². The molecule has 0 spiro atoms. The van der Waals surface area contributed by atoms with E-state index in [0.29, 0.717) is 0 Å². The number of rotatable bonds is 4. The predicted octanol–water partition coefficient (Wildman–Crippen LogP) is 2.08. The summed E-state index contributed by atoms with van der Waals surface area (Å²) < 4.78 is 6.92.